The topological polar surface area (TPSA) is 84.1 Å². The predicted molar refractivity (Wildman–Crippen MR) is 99.7 cm³/mol. The Morgan fingerprint density at radius 1 is 1.20 bits per heavy atom. The second kappa shape index (κ2) is 8.94. The maximum absolute atomic E-state index is 12.0. The number of nitrogens with one attached hydrogen (secondary N) is 1. The molecule has 1 saturated heterocycles. The highest BCUT2D eigenvalue weighted by atomic mass is 16.1. The minimum Gasteiger partial charge on any atom is -0.368 e. The van der Waals surface area contributed by atoms with Crippen LogP contribution in [0.3, 0.4) is 0 Å². The average Bonchev–Trinajstić information content (AvgIpc) is 2.67. The molecule has 1 aromatic rings. The van der Waals surface area contributed by atoms with Gasteiger partial charge in [-0.05, 0) is 44.2 Å². The number of carbonyl (C=O) groups excluding carboxylic acids is 1. The van der Waals surface area contributed by atoms with Crippen LogP contribution in [0, 0.1) is 5.92 Å². The van der Waals surface area contributed by atoms with E-state index in [1.54, 1.807) is 18.5 Å². The van der Waals surface area contributed by atoms with Crippen molar-refractivity contribution in [2.45, 2.75) is 51.0 Å². The van der Waals surface area contributed by atoms with Crippen LogP contribution in [0.1, 0.15) is 50.5 Å². The summed E-state index contributed by atoms with van der Waals surface area (Å²) in [6.07, 6.45) is 15.8. The van der Waals surface area contributed by atoms with Crippen LogP contribution in [0.15, 0.2) is 18.5 Å². The van der Waals surface area contributed by atoms with Crippen molar-refractivity contribution in [1.82, 2.24) is 20.2 Å². The average molecular weight is 343 g/mol. The fourth-order valence-corrected chi connectivity index (χ4v) is 3.95. The molecule has 6 nitrogen and oxygen atoms in total. The van der Waals surface area contributed by atoms with Gasteiger partial charge in [-0.15, -0.1) is 0 Å². The van der Waals surface area contributed by atoms with E-state index in [1.807, 2.05) is 0 Å². The van der Waals surface area contributed by atoms with Gasteiger partial charge in [0.05, 0.1) is 0 Å². The number of anilines is 1. The molecular formula is C19H29N5O. The lowest BCUT2D eigenvalue weighted by Gasteiger charge is -2.40. The monoisotopic (exact) mass is 343 g/mol. The molecule has 0 spiro atoms. The second-order valence-corrected chi connectivity index (χ2v) is 7.25. The number of hydrogen-bond acceptors (Lipinski definition) is 5. The second-order valence-electron chi connectivity index (χ2n) is 7.25. The van der Waals surface area contributed by atoms with Gasteiger partial charge in [0.2, 0.25) is 11.9 Å². The van der Waals surface area contributed by atoms with Crippen LogP contribution in [-0.2, 0) is 4.79 Å². The zero-order chi connectivity index (χ0) is 17.5. The normalized spacial score (nSPS) is 23.0. The van der Waals surface area contributed by atoms with Crippen LogP contribution in [0.2, 0.25) is 0 Å². The van der Waals surface area contributed by atoms with Crippen LogP contribution in [0.25, 0.3) is 6.08 Å². The number of aromatic nitrogens is 2. The molecule has 1 aromatic heterocycles. The lowest BCUT2D eigenvalue weighted by atomic mass is 9.90. The fourth-order valence-electron chi connectivity index (χ4n) is 3.95. The summed E-state index contributed by atoms with van der Waals surface area (Å²) in [5.74, 6) is 0.737. The molecule has 1 unspecified atom stereocenters. The first-order valence-electron chi connectivity index (χ1n) is 9.48. The smallest absolute Gasteiger partial charge is 0.244 e. The van der Waals surface area contributed by atoms with Crippen molar-refractivity contribution >= 4 is 17.9 Å². The number of hydrogen-bond donors (Lipinski definition) is 2. The molecule has 25 heavy (non-hydrogen) atoms. The number of nitrogen functional groups attached to an aromatic ring is 1. The number of rotatable bonds is 5. The van der Waals surface area contributed by atoms with E-state index in [2.05, 4.69) is 20.2 Å². The molecule has 3 N–H and O–H groups in total. The molecule has 0 radical (unpaired) electrons. The van der Waals surface area contributed by atoms with Gasteiger partial charge in [-0.25, -0.2) is 9.97 Å². The summed E-state index contributed by atoms with van der Waals surface area (Å²) in [6, 6.07) is 0.776. The molecule has 2 aliphatic rings. The predicted octanol–water partition coefficient (Wildman–Crippen LogP) is 2.23. The SMILES string of the molecule is Nc1ncc(/C=C/C(=O)NCC2CCCN(C3CCCCC3)C2)cn1. The number of amides is 1. The van der Waals surface area contributed by atoms with Gasteiger partial charge in [0.1, 0.15) is 0 Å². The third-order valence-corrected chi connectivity index (χ3v) is 5.33. The molecule has 2 fully saturated rings. The van der Waals surface area contributed by atoms with E-state index in [0.29, 0.717) is 5.92 Å². The summed E-state index contributed by atoms with van der Waals surface area (Å²) in [6.45, 7) is 3.11. The highest BCUT2D eigenvalue weighted by Gasteiger charge is 2.26. The van der Waals surface area contributed by atoms with Crippen molar-refractivity contribution in [1.29, 1.82) is 0 Å². The Morgan fingerprint density at radius 3 is 2.72 bits per heavy atom. The molecule has 1 saturated carbocycles. The van der Waals surface area contributed by atoms with E-state index in [9.17, 15) is 4.79 Å². The van der Waals surface area contributed by atoms with Gasteiger partial charge in [0.25, 0.3) is 0 Å². The first-order valence-corrected chi connectivity index (χ1v) is 9.48. The third kappa shape index (κ3) is 5.53. The van der Waals surface area contributed by atoms with E-state index in [1.165, 1.54) is 57.6 Å². The van der Waals surface area contributed by atoms with E-state index < -0.39 is 0 Å². The highest BCUT2D eigenvalue weighted by Crippen LogP contribution is 2.26. The molecular weight excluding hydrogens is 314 g/mol. The summed E-state index contributed by atoms with van der Waals surface area (Å²) in [5.41, 5.74) is 6.22. The Morgan fingerprint density at radius 2 is 1.96 bits per heavy atom. The van der Waals surface area contributed by atoms with Gasteiger partial charge in [-0.1, -0.05) is 19.3 Å². The molecule has 2 heterocycles. The van der Waals surface area contributed by atoms with Gasteiger partial charge >= 0.3 is 0 Å². The zero-order valence-corrected chi connectivity index (χ0v) is 14.9. The number of nitrogens with two attached hydrogens (primary N) is 1. The van der Waals surface area contributed by atoms with E-state index >= 15 is 0 Å². The molecule has 1 amide bonds. The Balaban J connectivity index is 1.42. The maximum Gasteiger partial charge on any atom is 0.244 e. The summed E-state index contributed by atoms with van der Waals surface area (Å²) in [5, 5.41) is 3.04. The first kappa shape index (κ1) is 17.9. The summed E-state index contributed by atoms with van der Waals surface area (Å²) < 4.78 is 0. The third-order valence-electron chi connectivity index (χ3n) is 5.33. The lowest BCUT2D eigenvalue weighted by Crippen LogP contribution is -2.46. The first-order chi connectivity index (χ1) is 12.2. The number of piperidine rings is 1. The maximum atomic E-state index is 12.0. The highest BCUT2D eigenvalue weighted by molar-refractivity contribution is 5.91. The molecule has 136 valence electrons. The van der Waals surface area contributed by atoms with E-state index in [4.69, 9.17) is 5.73 Å². The van der Waals surface area contributed by atoms with Crippen molar-refractivity contribution in [3.05, 3.63) is 24.0 Å². The largest absolute Gasteiger partial charge is 0.368 e. The summed E-state index contributed by atoms with van der Waals surface area (Å²) >= 11 is 0. The van der Waals surface area contributed by atoms with Gasteiger partial charge < -0.3 is 16.0 Å². The van der Waals surface area contributed by atoms with Crippen molar-refractivity contribution in [2.75, 3.05) is 25.4 Å². The van der Waals surface area contributed by atoms with Gasteiger partial charge in [-0.2, -0.15) is 0 Å². The van der Waals surface area contributed by atoms with E-state index in [0.717, 1.165) is 24.7 Å². The standard InChI is InChI=1S/C19H29N5O/c20-19-22-11-15(12-23-19)8-9-18(25)21-13-16-5-4-10-24(14-16)17-6-2-1-3-7-17/h8-9,11-12,16-17H,1-7,10,13-14H2,(H,21,25)(H2,20,22,23)/b9-8+. The minimum absolute atomic E-state index is 0.0633. The molecule has 3 rings (SSSR count). The molecule has 0 bridgehead atoms. The molecule has 1 aliphatic heterocycles. The Kier molecular flexibility index (Phi) is 6.39. The lowest BCUT2D eigenvalue weighted by molar-refractivity contribution is -0.116. The van der Waals surface area contributed by atoms with Crippen molar-refractivity contribution in [3.8, 4) is 0 Å². The Labute approximate surface area is 149 Å². The van der Waals surface area contributed by atoms with Crippen molar-refractivity contribution in [2.24, 2.45) is 5.92 Å². The molecule has 1 atom stereocenters. The molecule has 0 aromatic carbocycles. The summed E-state index contributed by atoms with van der Waals surface area (Å²) in [7, 11) is 0. The van der Waals surface area contributed by atoms with Crippen molar-refractivity contribution in [3.63, 3.8) is 0 Å². The number of carbonyl (C=O) groups is 1. The zero-order valence-electron chi connectivity index (χ0n) is 14.9. The Hall–Kier alpha value is -1.95. The number of likely N-dealkylation sites (tertiary alicyclic amines) is 1. The van der Waals surface area contributed by atoms with E-state index in [-0.39, 0.29) is 11.9 Å². The van der Waals surface area contributed by atoms with Crippen LogP contribution in [-0.4, -0.2) is 46.5 Å². The minimum atomic E-state index is -0.0633. The quantitative estimate of drug-likeness (QED) is 0.801. The van der Waals surface area contributed by atoms with Crippen LogP contribution >= 0.6 is 0 Å². The Bertz CT molecular complexity index is 580. The number of nitrogens with zero attached hydrogens (tertiary/aromatic N) is 3. The van der Waals surface area contributed by atoms with Crippen LogP contribution in [0.4, 0.5) is 5.95 Å². The fraction of sp³-hybridized carbons (Fsp3) is 0.632. The van der Waals surface area contributed by atoms with Crippen molar-refractivity contribution < 1.29 is 4.79 Å². The van der Waals surface area contributed by atoms with Gasteiger partial charge in [0.15, 0.2) is 0 Å². The van der Waals surface area contributed by atoms with Crippen LogP contribution < -0.4 is 11.1 Å². The molecule has 1 aliphatic carbocycles. The van der Waals surface area contributed by atoms with Crippen LogP contribution in [0.5, 0.6) is 0 Å². The summed E-state index contributed by atoms with van der Waals surface area (Å²) in [4.78, 5) is 22.5. The molecule has 6 heteroatoms. The van der Waals surface area contributed by atoms with Gasteiger partial charge in [-0.3, -0.25) is 4.79 Å². The van der Waals surface area contributed by atoms with Gasteiger partial charge in [0, 0.05) is 43.2 Å².